The van der Waals surface area contributed by atoms with Crippen molar-refractivity contribution in [3.63, 3.8) is 0 Å². The molecule has 150 valence electrons. The molecule has 0 unspecified atom stereocenters. The Morgan fingerprint density at radius 3 is 2.62 bits per heavy atom. The Labute approximate surface area is 167 Å². The van der Waals surface area contributed by atoms with Gasteiger partial charge in [0.05, 0.1) is 0 Å². The van der Waals surface area contributed by atoms with Crippen LogP contribution >= 0.6 is 0 Å². The number of anilines is 1. The van der Waals surface area contributed by atoms with Gasteiger partial charge in [0.2, 0.25) is 11.7 Å². The normalized spacial score (nSPS) is 13.1. The quantitative estimate of drug-likeness (QED) is 0.600. The van der Waals surface area contributed by atoms with Crippen LogP contribution in [0, 0.1) is 5.82 Å². The molecule has 2 N–H and O–H groups in total. The maximum atomic E-state index is 12.9. The number of amides is 2. The fourth-order valence-corrected chi connectivity index (χ4v) is 2.75. The second kappa shape index (κ2) is 8.72. The van der Waals surface area contributed by atoms with Gasteiger partial charge in [0.15, 0.2) is 6.61 Å². The number of carbonyl (C=O) groups excluding carboxylic acids is 1. The van der Waals surface area contributed by atoms with Gasteiger partial charge in [0.25, 0.3) is 0 Å². The lowest BCUT2D eigenvalue weighted by Gasteiger charge is -2.09. The molecule has 1 fully saturated rings. The number of urea groups is 1. The van der Waals surface area contributed by atoms with Crippen molar-refractivity contribution in [2.75, 3.05) is 11.9 Å². The van der Waals surface area contributed by atoms with Crippen LogP contribution in [-0.4, -0.2) is 22.7 Å². The van der Waals surface area contributed by atoms with E-state index in [-0.39, 0.29) is 18.5 Å². The number of aromatic nitrogens is 2. The molecule has 3 aromatic rings. The molecule has 0 bridgehead atoms. The van der Waals surface area contributed by atoms with Gasteiger partial charge in [-0.1, -0.05) is 17.3 Å². The molecule has 29 heavy (non-hydrogen) atoms. The Balaban J connectivity index is 1.19. The minimum atomic E-state index is -0.305. The first kappa shape index (κ1) is 18.9. The van der Waals surface area contributed by atoms with Crippen LogP contribution in [0.5, 0.6) is 5.75 Å². The number of rotatable bonds is 8. The zero-order valence-corrected chi connectivity index (χ0v) is 15.7. The highest BCUT2D eigenvalue weighted by atomic mass is 19.1. The second-order valence-electron chi connectivity index (χ2n) is 6.89. The maximum Gasteiger partial charge on any atom is 0.319 e. The Bertz CT molecular complexity index is 953. The molecular formula is C21H21FN4O3. The minimum Gasteiger partial charge on any atom is -0.485 e. The van der Waals surface area contributed by atoms with E-state index in [1.807, 2.05) is 0 Å². The Hall–Kier alpha value is -3.42. The molecule has 8 heteroatoms. The lowest BCUT2D eigenvalue weighted by Crippen LogP contribution is -2.30. The van der Waals surface area contributed by atoms with E-state index >= 15 is 0 Å². The van der Waals surface area contributed by atoms with Crippen LogP contribution in [0.3, 0.4) is 0 Å². The summed E-state index contributed by atoms with van der Waals surface area (Å²) in [5.41, 5.74) is 1.60. The third-order valence-electron chi connectivity index (χ3n) is 4.50. The highest BCUT2D eigenvalue weighted by molar-refractivity contribution is 5.89. The number of benzene rings is 2. The molecule has 1 aliphatic carbocycles. The van der Waals surface area contributed by atoms with E-state index in [1.165, 1.54) is 12.1 Å². The lowest BCUT2D eigenvalue weighted by atomic mass is 10.1. The molecule has 2 amide bonds. The van der Waals surface area contributed by atoms with Gasteiger partial charge < -0.3 is 19.9 Å². The van der Waals surface area contributed by atoms with E-state index in [0.717, 1.165) is 18.4 Å². The van der Waals surface area contributed by atoms with Crippen LogP contribution in [0.1, 0.15) is 36.0 Å². The summed E-state index contributed by atoms with van der Waals surface area (Å²) in [6.07, 6.45) is 2.84. The number of nitrogens with zero attached hydrogens (tertiary/aromatic N) is 2. The number of hydrogen-bond acceptors (Lipinski definition) is 5. The second-order valence-corrected chi connectivity index (χ2v) is 6.89. The van der Waals surface area contributed by atoms with Gasteiger partial charge in [-0.2, -0.15) is 4.98 Å². The van der Waals surface area contributed by atoms with Crippen molar-refractivity contribution in [2.45, 2.75) is 31.8 Å². The fraction of sp³-hybridized carbons (Fsp3) is 0.286. The number of carbonyl (C=O) groups is 1. The molecule has 1 aliphatic rings. The minimum absolute atomic E-state index is 0.229. The van der Waals surface area contributed by atoms with Crippen LogP contribution in [-0.2, 0) is 13.0 Å². The van der Waals surface area contributed by atoms with E-state index in [2.05, 4.69) is 20.8 Å². The highest BCUT2D eigenvalue weighted by Crippen LogP contribution is 2.38. The van der Waals surface area contributed by atoms with E-state index < -0.39 is 0 Å². The van der Waals surface area contributed by atoms with Crippen molar-refractivity contribution in [1.29, 1.82) is 0 Å². The number of ether oxygens (including phenoxy) is 1. The predicted octanol–water partition coefficient (Wildman–Crippen LogP) is 4.03. The zero-order chi connectivity index (χ0) is 20.1. The standard InChI is InChI=1S/C21H21FN4O3/c22-16-5-1-14(2-6-16)11-12-23-21(27)24-17-7-9-18(10-8-17)28-13-19-25-20(29-26-19)15-3-4-15/h1-2,5-10,15H,3-4,11-13H2,(H2,23,24,27). The molecular weight excluding hydrogens is 375 g/mol. The Morgan fingerprint density at radius 1 is 1.14 bits per heavy atom. The molecule has 0 aliphatic heterocycles. The van der Waals surface area contributed by atoms with Crippen molar-refractivity contribution in [2.24, 2.45) is 0 Å². The SMILES string of the molecule is O=C(NCCc1ccc(F)cc1)Nc1ccc(OCc2noc(C3CC3)n2)cc1. The fourth-order valence-electron chi connectivity index (χ4n) is 2.75. The van der Waals surface area contributed by atoms with Crippen molar-refractivity contribution >= 4 is 11.7 Å². The number of nitrogens with one attached hydrogen (secondary N) is 2. The third kappa shape index (κ3) is 5.54. The van der Waals surface area contributed by atoms with Crippen LogP contribution in [0.2, 0.25) is 0 Å². The van der Waals surface area contributed by atoms with Gasteiger partial charge in [0.1, 0.15) is 11.6 Å². The molecule has 0 saturated heterocycles. The predicted molar refractivity (Wildman–Crippen MR) is 104 cm³/mol. The van der Waals surface area contributed by atoms with Gasteiger partial charge in [0, 0.05) is 18.2 Å². The first-order chi connectivity index (χ1) is 14.2. The molecule has 4 rings (SSSR count). The summed E-state index contributed by atoms with van der Waals surface area (Å²) in [6, 6.07) is 12.9. The first-order valence-electron chi connectivity index (χ1n) is 9.50. The highest BCUT2D eigenvalue weighted by Gasteiger charge is 2.29. The molecule has 1 saturated carbocycles. The summed E-state index contributed by atoms with van der Waals surface area (Å²) in [4.78, 5) is 16.3. The van der Waals surface area contributed by atoms with Crippen LogP contribution in [0.15, 0.2) is 53.1 Å². The first-order valence-corrected chi connectivity index (χ1v) is 9.50. The average molecular weight is 396 g/mol. The Kier molecular flexibility index (Phi) is 5.69. The molecule has 2 aromatic carbocycles. The van der Waals surface area contributed by atoms with E-state index in [9.17, 15) is 9.18 Å². The zero-order valence-electron chi connectivity index (χ0n) is 15.7. The summed E-state index contributed by atoms with van der Waals surface area (Å²) in [5, 5.41) is 9.43. The van der Waals surface area contributed by atoms with Crippen LogP contribution in [0.4, 0.5) is 14.9 Å². The Morgan fingerprint density at radius 2 is 1.90 bits per heavy atom. The third-order valence-corrected chi connectivity index (χ3v) is 4.50. The van der Waals surface area contributed by atoms with Gasteiger partial charge in [-0.15, -0.1) is 0 Å². The molecule has 1 aromatic heterocycles. The maximum absolute atomic E-state index is 12.9. The summed E-state index contributed by atoms with van der Waals surface area (Å²) in [6.45, 7) is 0.680. The van der Waals surface area contributed by atoms with Gasteiger partial charge in [-0.3, -0.25) is 0 Å². The monoisotopic (exact) mass is 396 g/mol. The van der Waals surface area contributed by atoms with Gasteiger partial charge >= 0.3 is 6.03 Å². The topological polar surface area (TPSA) is 89.3 Å². The van der Waals surface area contributed by atoms with E-state index in [0.29, 0.717) is 42.0 Å². The van der Waals surface area contributed by atoms with Crippen molar-refractivity contribution < 1.29 is 18.4 Å². The van der Waals surface area contributed by atoms with Crippen LogP contribution in [0.25, 0.3) is 0 Å². The summed E-state index contributed by atoms with van der Waals surface area (Å²) < 4.78 is 23.7. The van der Waals surface area contributed by atoms with E-state index in [4.69, 9.17) is 9.26 Å². The number of halogens is 1. The lowest BCUT2D eigenvalue weighted by molar-refractivity contribution is 0.252. The van der Waals surface area contributed by atoms with Crippen molar-refractivity contribution in [3.05, 3.63) is 71.6 Å². The van der Waals surface area contributed by atoms with Crippen molar-refractivity contribution in [1.82, 2.24) is 15.5 Å². The molecule has 7 nitrogen and oxygen atoms in total. The summed E-state index contributed by atoms with van der Waals surface area (Å²) >= 11 is 0. The summed E-state index contributed by atoms with van der Waals surface area (Å²) in [5.74, 6) is 2.00. The van der Waals surface area contributed by atoms with Crippen molar-refractivity contribution in [3.8, 4) is 5.75 Å². The number of hydrogen-bond donors (Lipinski definition) is 2. The average Bonchev–Trinajstić information content (AvgIpc) is 3.47. The largest absolute Gasteiger partial charge is 0.485 e. The van der Waals surface area contributed by atoms with Gasteiger partial charge in [-0.25, -0.2) is 9.18 Å². The molecule has 0 radical (unpaired) electrons. The molecule has 1 heterocycles. The van der Waals surface area contributed by atoms with Gasteiger partial charge in [-0.05, 0) is 61.2 Å². The molecule has 0 atom stereocenters. The smallest absolute Gasteiger partial charge is 0.319 e. The summed E-state index contributed by atoms with van der Waals surface area (Å²) in [7, 11) is 0. The van der Waals surface area contributed by atoms with Crippen LogP contribution < -0.4 is 15.4 Å². The van der Waals surface area contributed by atoms with E-state index in [1.54, 1.807) is 36.4 Å². The molecule has 0 spiro atoms.